The van der Waals surface area contributed by atoms with E-state index in [4.69, 9.17) is 4.74 Å². The molecule has 98 valence electrons. The van der Waals surface area contributed by atoms with Crippen LogP contribution in [0.25, 0.3) is 0 Å². The molecule has 3 heteroatoms. The number of fused-ring (bicyclic) bond motifs is 1. The summed E-state index contributed by atoms with van der Waals surface area (Å²) in [5.41, 5.74) is 4.01. The van der Waals surface area contributed by atoms with Crippen LogP contribution in [-0.2, 0) is 6.42 Å². The van der Waals surface area contributed by atoms with E-state index >= 15 is 0 Å². The maximum absolute atomic E-state index is 5.42. The fraction of sp³-hybridized carbons (Fsp3) is 0.250. The van der Waals surface area contributed by atoms with E-state index in [1.54, 1.807) is 7.11 Å². The molecule has 0 fully saturated rings. The zero-order valence-electron chi connectivity index (χ0n) is 10.8. The van der Waals surface area contributed by atoms with E-state index in [9.17, 15) is 0 Å². The Labute approximate surface area is 121 Å². The molecule has 19 heavy (non-hydrogen) atoms. The molecule has 3 rings (SSSR count). The van der Waals surface area contributed by atoms with Gasteiger partial charge in [-0.15, -0.1) is 0 Å². The van der Waals surface area contributed by atoms with Crippen LogP contribution in [0.5, 0.6) is 5.75 Å². The van der Waals surface area contributed by atoms with Crippen molar-refractivity contribution >= 4 is 15.9 Å². The summed E-state index contributed by atoms with van der Waals surface area (Å²) in [7, 11) is 1.71. The summed E-state index contributed by atoms with van der Waals surface area (Å²) >= 11 is 3.57. The van der Waals surface area contributed by atoms with Gasteiger partial charge in [-0.25, -0.2) is 0 Å². The quantitative estimate of drug-likeness (QED) is 0.912. The van der Waals surface area contributed by atoms with E-state index in [1.165, 1.54) is 16.7 Å². The molecular formula is C16H16BrNO. The molecule has 0 saturated carbocycles. The van der Waals surface area contributed by atoms with Gasteiger partial charge in [0.05, 0.1) is 17.6 Å². The molecule has 1 N–H and O–H groups in total. The normalized spacial score (nSPS) is 17.9. The van der Waals surface area contributed by atoms with Crippen LogP contribution in [-0.4, -0.2) is 13.7 Å². The Balaban J connectivity index is 2.09. The van der Waals surface area contributed by atoms with E-state index < -0.39 is 0 Å². The molecule has 0 aliphatic carbocycles. The number of nitrogens with one attached hydrogen (secondary N) is 1. The summed E-state index contributed by atoms with van der Waals surface area (Å²) < 4.78 is 6.45. The maximum Gasteiger partial charge on any atom is 0.133 e. The van der Waals surface area contributed by atoms with Gasteiger partial charge in [-0.1, -0.05) is 30.3 Å². The van der Waals surface area contributed by atoms with Crippen molar-refractivity contribution in [3.05, 3.63) is 63.6 Å². The second-order valence-electron chi connectivity index (χ2n) is 4.73. The summed E-state index contributed by atoms with van der Waals surface area (Å²) in [6.45, 7) is 1.01. The maximum atomic E-state index is 5.42. The van der Waals surface area contributed by atoms with E-state index in [2.05, 4.69) is 63.7 Å². The van der Waals surface area contributed by atoms with Gasteiger partial charge in [-0.2, -0.15) is 0 Å². The molecule has 0 aromatic heterocycles. The molecule has 0 saturated heterocycles. The largest absolute Gasteiger partial charge is 0.496 e. The van der Waals surface area contributed by atoms with Crippen molar-refractivity contribution in [2.45, 2.75) is 12.5 Å². The molecular weight excluding hydrogens is 302 g/mol. The number of benzene rings is 2. The van der Waals surface area contributed by atoms with Crippen molar-refractivity contribution in [3.8, 4) is 5.75 Å². The van der Waals surface area contributed by atoms with Crippen LogP contribution in [0.2, 0.25) is 0 Å². The average molecular weight is 318 g/mol. The first-order valence-corrected chi connectivity index (χ1v) is 7.23. The van der Waals surface area contributed by atoms with Crippen LogP contribution in [0.15, 0.2) is 46.9 Å². The van der Waals surface area contributed by atoms with Gasteiger partial charge in [0, 0.05) is 6.54 Å². The van der Waals surface area contributed by atoms with Crippen molar-refractivity contribution < 1.29 is 4.74 Å². The lowest BCUT2D eigenvalue weighted by molar-refractivity contribution is 0.410. The molecule has 0 spiro atoms. The van der Waals surface area contributed by atoms with Gasteiger partial charge in [0.25, 0.3) is 0 Å². The Morgan fingerprint density at radius 3 is 2.74 bits per heavy atom. The second kappa shape index (κ2) is 5.35. The summed E-state index contributed by atoms with van der Waals surface area (Å²) in [5.74, 6) is 0.892. The third-order valence-electron chi connectivity index (χ3n) is 3.60. The third kappa shape index (κ3) is 2.40. The lowest BCUT2D eigenvalue weighted by Crippen LogP contribution is -2.30. The van der Waals surface area contributed by atoms with Crippen LogP contribution < -0.4 is 10.1 Å². The fourth-order valence-electron chi connectivity index (χ4n) is 2.66. The Hall–Kier alpha value is -1.32. The van der Waals surface area contributed by atoms with E-state index in [0.717, 1.165) is 23.2 Å². The third-order valence-corrected chi connectivity index (χ3v) is 4.22. The highest BCUT2D eigenvalue weighted by atomic mass is 79.9. The summed E-state index contributed by atoms with van der Waals surface area (Å²) in [4.78, 5) is 0. The Bertz CT molecular complexity index is 583. The Kier molecular flexibility index (Phi) is 3.58. The van der Waals surface area contributed by atoms with Gasteiger partial charge in [0.1, 0.15) is 5.75 Å². The smallest absolute Gasteiger partial charge is 0.133 e. The number of ether oxygens (including phenoxy) is 1. The molecule has 1 aliphatic heterocycles. The van der Waals surface area contributed by atoms with Crippen molar-refractivity contribution in [2.75, 3.05) is 13.7 Å². The topological polar surface area (TPSA) is 21.3 Å². The van der Waals surface area contributed by atoms with Gasteiger partial charge in [0.2, 0.25) is 0 Å². The highest BCUT2D eigenvalue weighted by molar-refractivity contribution is 9.10. The predicted molar refractivity (Wildman–Crippen MR) is 80.7 cm³/mol. The highest BCUT2D eigenvalue weighted by Gasteiger charge is 2.22. The van der Waals surface area contributed by atoms with Crippen LogP contribution in [0.3, 0.4) is 0 Å². The van der Waals surface area contributed by atoms with Crippen LogP contribution in [0, 0.1) is 0 Å². The zero-order chi connectivity index (χ0) is 13.2. The van der Waals surface area contributed by atoms with Crippen LogP contribution in [0.4, 0.5) is 0 Å². The first-order chi connectivity index (χ1) is 9.29. The number of methoxy groups -OCH3 is 1. The van der Waals surface area contributed by atoms with E-state index in [-0.39, 0.29) is 6.04 Å². The lowest BCUT2D eigenvalue weighted by atomic mass is 9.90. The molecule has 2 aromatic rings. The number of rotatable bonds is 2. The van der Waals surface area contributed by atoms with Gasteiger partial charge in [-0.05, 0) is 51.2 Å². The molecule has 1 heterocycles. The van der Waals surface area contributed by atoms with Gasteiger partial charge < -0.3 is 10.1 Å². The minimum absolute atomic E-state index is 0.256. The standard InChI is InChI=1S/C16H16BrNO/c1-19-15-10-13-12(9-14(15)17)7-8-18-16(13)11-5-3-2-4-6-11/h2-6,9-10,16,18H,7-8H2,1H3. The zero-order valence-corrected chi connectivity index (χ0v) is 12.4. The van der Waals surface area contributed by atoms with Gasteiger partial charge >= 0.3 is 0 Å². The van der Waals surface area contributed by atoms with Crippen molar-refractivity contribution in [1.82, 2.24) is 5.32 Å². The minimum atomic E-state index is 0.256. The first-order valence-electron chi connectivity index (χ1n) is 6.44. The van der Waals surface area contributed by atoms with Crippen molar-refractivity contribution in [3.63, 3.8) is 0 Å². The van der Waals surface area contributed by atoms with Crippen molar-refractivity contribution in [1.29, 1.82) is 0 Å². The summed E-state index contributed by atoms with van der Waals surface area (Å²) in [5, 5.41) is 3.59. The molecule has 0 bridgehead atoms. The molecule has 1 atom stereocenters. The first kappa shape index (κ1) is 12.7. The molecule has 0 amide bonds. The summed E-state index contributed by atoms with van der Waals surface area (Å²) in [6.07, 6.45) is 1.06. The van der Waals surface area contributed by atoms with E-state index in [0.29, 0.717) is 0 Å². The molecule has 1 aliphatic rings. The Morgan fingerprint density at radius 1 is 1.21 bits per heavy atom. The highest BCUT2D eigenvalue weighted by Crippen LogP contribution is 2.35. The van der Waals surface area contributed by atoms with Crippen LogP contribution in [0.1, 0.15) is 22.7 Å². The molecule has 2 aromatic carbocycles. The number of halogens is 1. The number of hydrogen-bond donors (Lipinski definition) is 1. The molecule has 2 nitrogen and oxygen atoms in total. The summed E-state index contributed by atoms with van der Waals surface area (Å²) in [6, 6.07) is 15.1. The molecule has 0 radical (unpaired) electrons. The number of hydrogen-bond acceptors (Lipinski definition) is 2. The van der Waals surface area contributed by atoms with E-state index in [1.807, 2.05) is 0 Å². The Morgan fingerprint density at radius 2 is 2.00 bits per heavy atom. The van der Waals surface area contributed by atoms with Crippen LogP contribution >= 0.6 is 15.9 Å². The van der Waals surface area contributed by atoms with Gasteiger partial charge in [-0.3, -0.25) is 0 Å². The molecule has 1 unspecified atom stereocenters. The minimum Gasteiger partial charge on any atom is -0.496 e. The fourth-order valence-corrected chi connectivity index (χ4v) is 3.21. The monoisotopic (exact) mass is 317 g/mol. The van der Waals surface area contributed by atoms with Gasteiger partial charge in [0.15, 0.2) is 0 Å². The van der Waals surface area contributed by atoms with Crippen molar-refractivity contribution in [2.24, 2.45) is 0 Å². The average Bonchev–Trinajstić information content (AvgIpc) is 2.46. The second-order valence-corrected chi connectivity index (χ2v) is 5.59. The predicted octanol–water partition coefficient (Wildman–Crippen LogP) is 3.69. The SMILES string of the molecule is COc1cc2c(cc1Br)CCNC2c1ccccc1. The lowest BCUT2D eigenvalue weighted by Gasteiger charge is -2.28.